The molecule has 2 aromatic heterocycles. The Hall–Kier alpha value is -5.69. The number of carbonyl (C=O) groups is 2. The molecule has 10 nitrogen and oxygen atoms in total. The van der Waals surface area contributed by atoms with Crippen molar-refractivity contribution in [2.24, 2.45) is 0 Å². The van der Waals surface area contributed by atoms with Crippen molar-refractivity contribution in [3.8, 4) is 22.3 Å². The molecule has 2 heterocycles. The van der Waals surface area contributed by atoms with Gasteiger partial charge in [-0.15, -0.1) is 0 Å². The second kappa shape index (κ2) is 16.1. The van der Waals surface area contributed by atoms with E-state index in [1.807, 2.05) is 67.6 Å². The molecule has 7 aromatic rings. The molecule has 0 saturated carbocycles. The van der Waals surface area contributed by atoms with Crippen molar-refractivity contribution in [1.29, 1.82) is 0 Å². The molecule has 264 valence electrons. The number of fused-ring (bicyclic) bond motifs is 2. The van der Waals surface area contributed by atoms with Crippen LogP contribution in [0.15, 0.2) is 97.1 Å². The third-order valence-electron chi connectivity index (χ3n) is 7.75. The van der Waals surface area contributed by atoms with Gasteiger partial charge in [0.2, 0.25) is 0 Å². The summed E-state index contributed by atoms with van der Waals surface area (Å²) in [5.41, 5.74) is 3.42. The van der Waals surface area contributed by atoms with Crippen molar-refractivity contribution >= 4 is 86.0 Å². The standard InChI is InChI=1S/C20H13Cl2FN4O.C17H16ClFN4O/c21-12-6-8-13(9-7-12)24-20(28)25-19-15-10-14(11-4-2-1-3-5-11)16(22)17(23)18(15)26-27-19;1-2-8-20-17(24)21-16-12-9-11(10-6-4-3-5-7-10)13(18)14(19)15(12)22-23-16/h1-10H,(H3,24,25,26,27,28);3-7,9H,2,8H2,1H3,(H3,20,21,22,23,24). The maximum Gasteiger partial charge on any atom is 0.324 e. The fourth-order valence-corrected chi connectivity index (χ4v) is 5.87. The Balaban J connectivity index is 0.000000181. The Bertz CT molecular complexity index is 2370. The highest BCUT2D eigenvalue weighted by molar-refractivity contribution is 6.35. The Morgan fingerprint density at radius 1 is 0.654 bits per heavy atom. The molecule has 4 amide bonds. The number of hydrogen-bond acceptors (Lipinski definition) is 4. The van der Waals surface area contributed by atoms with Crippen molar-refractivity contribution in [3.63, 3.8) is 0 Å². The number of aromatic amines is 2. The Kier molecular flexibility index (Phi) is 11.2. The van der Waals surface area contributed by atoms with Crippen molar-refractivity contribution in [1.82, 2.24) is 25.7 Å². The van der Waals surface area contributed by atoms with Gasteiger partial charge in [0, 0.05) is 39.2 Å². The number of halogens is 5. The van der Waals surface area contributed by atoms with Crippen LogP contribution in [-0.4, -0.2) is 39.0 Å². The first-order valence-corrected chi connectivity index (χ1v) is 17.0. The summed E-state index contributed by atoms with van der Waals surface area (Å²) in [7, 11) is 0. The van der Waals surface area contributed by atoms with Gasteiger partial charge in [0.25, 0.3) is 0 Å². The fourth-order valence-electron chi connectivity index (χ4n) is 5.23. The molecule has 0 aliphatic carbocycles. The van der Waals surface area contributed by atoms with Crippen molar-refractivity contribution in [3.05, 3.63) is 124 Å². The minimum atomic E-state index is -0.628. The van der Waals surface area contributed by atoms with Gasteiger partial charge in [0.1, 0.15) is 11.0 Å². The largest absolute Gasteiger partial charge is 0.338 e. The van der Waals surface area contributed by atoms with E-state index in [0.717, 1.165) is 17.5 Å². The highest BCUT2D eigenvalue weighted by Crippen LogP contribution is 2.38. The zero-order valence-electron chi connectivity index (χ0n) is 27.3. The molecule has 0 radical (unpaired) electrons. The zero-order valence-corrected chi connectivity index (χ0v) is 29.5. The van der Waals surface area contributed by atoms with E-state index >= 15 is 0 Å². The predicted octanol–water partition coefficient (Wildman–Crippen LogP) is 10.9. The lowest BCUT2D eigenvalue weighted by Gasteiger charge is -2.08. The number of benzene rings is 5. The van der Waals surface area contributed by atoms with Gasteiger partial charge in [-0.2, -0.15) is 10.2 Å². The molecule has 5 aromatic carbocycles. The van der Waals surface area contributed by atoms with E-state index in [1.54, 1.807) is 36.4 Å². The maximum absolute atomic E-state index is 14.7. The molecule has 0 spiro atoms. The molecule has 0 bridgehead atoms. The van der Waals surface area contributed by atoms with Crippen LogP contribution in [0.2, 0.25) is 15.1 Å². The van der Waals surface area contributed by atoms with E-state index in [-0.39, 0.29) is 38.7 Å². The number of anilines is 3. The summed E-state index contributed by atoms with van der Waals surface area (Å²) in [5.74, 6) is -0.778. The topological polar surface area (TPSA) is 140 Å². The number of urea groups is 2. The lowest BCUT2D eigenvalue weighted by molar-refractivity contribution is 0.252. The molecule has 15 heteroatoms. The van der Waals surface area contributed by atoms with E-state index in [4.69, 9.17) is 34.8 Å². The Morgan fingerprint density at radius 2 is 1.12 bits per heavy atom. The highest BCUT2D eigenvalue weighted by Gasteiger charge is 2.20. The van der Waals surface area contributed by atoms with Crippen LogP contribution >= 0.6 is 34.8 Å². The van der Waals surface area contributed by atoms with Gasteiger partial charge >= 0.3 is 12.1 Å². The number of nitrogens with one attached hydrogen (secondary N) is 6. The summed E-state index contributed by atoms with van der Waals surface area (Å²) in [6.45, 7) is 2.50. The van der Waals surface area contributed by atoms with Crippen molar-refractivity contribution in [2.45, 2.75) is 13.3 Å². The van der Waals surface area contributed by atoms with Crippen molar-refractivity contribution in [2.75, 3.05) is 22.5 Å². The molecule has 0 saturated heterocycles. The van der Waals surface area contributed by atoms with Gasteiger partial charge in [-0.3, -0.25) is 20.8 Å². The van der Waals surface area contributed by atoms with E-state index in [9.17, 15) is 18.4 Å². The molecule has 7 rings (SSSR count). The summed E-state index contributed by atoms with van der Waals surface area (Å²) in [5, 5.41) is 25.2. The van der Waals surface area contributed by atoms with E-state index < -0.39 is 17.7 Å². The molecular weight excluding hydrogens is 733 g/mol. The SMILES string of the molecule is CCCNC(=O)Nc1n[nH]c2c(F)c(Cl)c(-c3ccccc3)cc12.O=C(Nc1ccc(Cl)cc1)Nc1n[nH]c2c(F)c(Cl)c(-c3ccccc3)cc12. The number of rotatable bonds is 7. The average molecular weight is 762 g/mol. The monoisotopic (exact) mass is 760 g/mol. The molecule has 0 unspecified atom stereocenters. The number of aromatic nitrogens is 4. The quantitative estimate of drug-likeness (QED) is 0.0962. The lowest BCUT2D eigenvalue weighted by atomic mass is 10.0. The summed E-state index contributed by atoms with van der Waals surface area (Å²) in [6, 6.07) is 27.6. The first-order chi connectivity index (χ1) is 25.1. The van der Waals surface area contributed by atoms with Crippen LogP contribution in [-0.2, 0) is 0 Å². The molecule has 52 heavy (non-hydrogen) atoms. The summed E-state index contributed by atoms with van der Waals surface area (Å²) < 4.78 is 29.3. The third-order valence-corrected chi connectivity index (χ3v) is 8.74. The summed E-state index contributed by atoms with van der Waals surface area (Å²) in [6.07, 6.45) is 0.817. The van der Waals surface area contributed by atoms with Gasteiger partial charge in [-0.05, 0) is 53.9 Å². The first-order valence-electron chi connectivity index (χ1n) is 15.9. The average Bonchev–Trinajstić information content (AvgIpc) is 3.75. The minimum Gasteiger partial charge on any atom is -0.338 e. The number of amides is 4. The second-order valence-electron chi connectivity index (χ2n) is 11.3. The normalized spacial score (nSPS) is 10.8. The van der Waals surface area contributed by atoms with Crippen LogP contribution in [0.5, 0.6) is 0 Å². The highest BCUT2D eigenvalue weighted by atomic mass is 35.5. The molecule has 0 aliphatic rings. The van der Waals surface area contributed by atoms with Gasteiger partial charge in [-0.25, -0.2) is 18.4 Å². The maximum atomic E-state index is 14.7. The van der Waals surface area contributed by atoms with E-state index in [0.29, 0.717) is 39.2 Å². The van der Waals surface area contributed by atoms with Crippen molar-refractivity contribution < 1.29 is 18.4 Å². The summed E-state index contributed by atoms with van der Waals surface area (Å²) >= 11 is 18.2. The van der Waals surface area contributed by atoms with Crippen LogP contribution in [0, 0.1) is 11.6 Å². The molecular formula is C37H29Cl3F2N8O2. The van der Waals surface area contributed by atoms with Crippen LogP contribution in [0.4, 0.5) is 35.7 Å². The fraction of sp³-hybridized carbons (Fsp3) is 0.0811. The van der Waals surface area contributed by atoms with E-state index in [1.165, 1.54) is 0 Å². The molecule has 6 N–H and O–H groups in total. The van der Waals surface area contributed by atoms with Gasteiger partial charge in [0.15, 0.2) is 23.3 Å². The zero-order chi connectivity index (χ0) is 36.8. The molecule has 0 atom stereocenters. The lowest BCUT2D eigenvalue weighted by Crippen LogP contribution is -2.29. The van der Waals surface area contributed by atoms with Crippen LogP contribution < -0.4 is 21.3 Å². The van der Waals surface area contributed by atoms with Gasteiger partial charge in [-0.1, -0.05) is 102 Å². The molecule has 0 fully saturated rings. The summed E-state index contributed by atoms with van der Waals surface area (Å²) in [4.78, 5) is 24.1. The predicted molar refractivity (Wildman–Crippen MR) is 204 cm³/mol. The molecule has 0 aliphatic heterocycles. The number of nitrogens with zero attached hydrogens (tertiary/aromatic N) is 2. The van der Waals surface area contributed by atoms with Gasteiger partial charge < -0.3 is 10.6 Å². The van der Waals surface area contributed by atoms with Crippen LogP contribution in [0.25, 0.3) is 44.1 Å². The first kappa shape index (κ1) is 36.1. The third kappa shape index (κ3) is 7.94. The Labute approximate surface area is 310 Å². The number of hydrogen-bond donors (Lipinski definition) is 6. The number of carbonyl (C=O) groups excluding carboxylic acids is 2. The number of H-pyrrole nitrogens is 2. The Morgan fingerprint density at radius 3 is 1.58 bits per heavy atom. The van der Waals surface area contributed by atoms with Gasteiger partial charge in [0.05, 0.1) is 10.0 Å². The second-order valence-corrected chi connectivity index (χ2v) is 12.5. The van der Waals surface area contributed by atoms with E-state index in [2.05, 4.69) is 41.7 Å². The minimum absolute atomic E-state index is 0.0133. The van der Waals surface area contributed by atoms with Crippen LogP contribution in [0.1, 0.15) is 13.3 Å². The smallest absolute Gasteiger partial charge is 0.324 e. The van der Waals surface area contributed by atoms with Crippen LogP contribution in [0.3, 0.4) is 0 Å².